The summed E-state index contributed by atoms with van der Waals surface area (Å²) in [5, 5.41) is 9.41. The Hall–Kier alpha value is -14.8. The zero-order valence-electron chi connectivity index (χ0n) is 67.0. The van der Waals surface area contributed by atoms with E-state index in [1.165, 1.54) is 97.1 Å². The minimum Gasteiger partial charge on any atom is -0.309 e. The van der Waals surface area contributed by atoms with Crippen LogP contribution < -0.4 is 15.9 Å². The zero-order valence-corrected chi connectivity index (χ0v) is 69.5. The van der Waals surface area contributed by atoms with Gasteiger partial charge in [0.2, 0.25) is 0 Å². The third-order valence-corrected chi connectivity index (χ3v) is 31.0. The number of hydrogen-bond acceptors (Lipinski definition) is 8. The second kappa shape index (κ2) is 29.6. The van der Waals surface area contributed by atoms with Gasteiger partial charge in [-0.3, -0.25) is 9.97 Å². The van der Waals surface area contributed by atoms with Gasteiger partial charge in [0.1, 0.15) is 0 Å². The first-order valence-electron chi connectivity index (χ1n) is 42.0. The van der Waals surface area contributed by atoms with Gasteiger partial charge in [-0.1, -0.05) is 363 Å². The van der Waals surface area contributed by atoms with E-state index in [0.29, 0.717) is 0 Å². The Morgan fingerprint density at radius 3 is 0.935 bits per heavy atom. The Morgan fingerprint density at radius 1 is 0.210 bits per heavy atom. The Bertz CT molecular complexity index is 7740. The molecule has 0 amide bonds. The topological polar surface area (TPSA) is 81.5 Å². The summed E-state index contributed by atoms with van der Waals surface area (Å²) in [5.74, 6) is 0. The van der Waals surface area contributed by atoms with Gasteiger partial charge in [-0.05, 0) is 196 Å². The van der Waals surface area contributed by atoms with Crippen molar-refractivity contribution in [3.63, 3.8) is 0 Å². The summed E-state index contributed by atoms with van der Waals surface area (Å²) in [6.07, 6.45) is 3.61. The molecule has 2 spiro atoms. The molecule has 21 aromatic rings. The van der Waals surface area contributed by atoms with Gasteiger partial charge in [0.15, 0.2) is 7.14 Å². The lowest BCUT2D eigenvalue weighted by atomic mass is 9.67. The van der Waals surface area contributed by atoms with Gasteiger partial charge >= 0.3 is 0 Å². The first-order valence-corrected chi connectivity index (χ1v) is 45.3. The first kappa shape index (κ1) is 73.2. The van der Waals surface area contributed by atoms with E-state index < -0.39 is 18.0 Å². The van der Waals surface area contributed by atoms with E-state index in [1.54, 1.807) is 12.4 Å². The number of aromatic nitrogens is 5. The summed E-state index contributed by atoms with van der Waals surface area (Å²) in [6, 6.07) is 151. The van der Waals surface area contributed by atoms with Crippen molar-refractivity contribution >= 4 is 89.9 Å². The minimum absolute atomic E-state index is 0.464. The standard InChI is InChI=1S/C59H36N4S.C56H36NOPS/c1-2-14-39(15-3-1)58-46-36-57-50(59(49-20-8-9-23-56(49)64-57)47-18-6-4-16-42(47)43-17-5-7-19-48(43)59)35-45(46)44-29-28-40(32-53(44)63-58)37-24-26-38(27-25-37)41-33-54(51-21-10-12-30-60-51)62-55(34-41)52-22-11-13-31-61-52;58-59(40-18-6-2-7-19-40,41-20-8-3-9-21-41)42-31-28-37(29-32-42)39-30-33-45-46-35-51-54(36-47(46)55(57-52(45)34-39)38-16-4-1-5-17-38)60-53-27-15-14-26-50(53)56(51)48-24-12-10-22-43(48)44-23-11-13-25-49(44)56/h1-36H;1-36H. The van der Waals surface area contributed by atoms with Crippen molar-refractivity contribution < 1.29 is 4.57 Å². The molecule has 0 saturated heterocycles. The quantitative estimate of drug-likeness (QED) is 0.0990. The van der Waals surface area contributed by atoms with Gasteiger partial charge in [-0.15, -0.1) is 0 Å². The summed E-state index contributed by atoms with van der Waals surface area (Å²) in [6.45, 7) is 0. The number of hydrogen-bond donors (Lipinski definition) is 0. The van der Waals surface area contributed by atoms with Crippen LogP contribution in [0.2, 0.25) is 0 Å². The number of pyridine rings is 5. The van der Waals surface area contributed by atoms with Crippen LogP contribution in [0.3, 0.4) is 0 Å². The predicted molar refractivity (Wildman–Crippen MR) is 512 cm³/mol. The fourth-order valence-electron chi connectivity index (χ4n) is 20.1. The molecule has 0 bridgehead atoms. The molecule has 5 aromatic heterocycles. The van der Waals surface area contributed by atoms with E-state index in [9.17, 15) is 0 Å². The predicted octanol–water partition coefficient (Wildman–Crippen LogP) is 27.9. The number of benzene rings is 16. The molecule has 7 heterocycles. The molecule has 0 atom stereocenters. The van der Waals surface area contributed by atoms with Crippen molar-refractivity contribution in [2.24, 2.45) is 0 Å². The van der Waals surface area contributed by atoms with Crippen LogP contribution in [0.5, 0.6) is 0 Å². The lowest BCUT2D eigenvalue weighted by Crippen LogP contribution is -2.32. The number of rotatable bonds is 10. The van der Waals surface area contributed by atoms with Crippen LogP contribution in [0, 0.1) is 0 Å². The molecule has 0 unspecified atom stereocenters. The van der Waals surface area contributed by atoms with E-state index >= 15 is 4.57 Å². The fraction of sp³-hybridized carbons (Fsp3) is 0.0174. The second-order valence-corrected chi connectivity index (χ2v) is 37.2. The summed E-state index contributed by atoms with van der Waals surface area (Å²) in [7, 11) is -3.09. The molecule has 4 aliphatic rings. The summed E-state index contributed by atoms with van der Waals surface area (Å²) >= 11 is 3.75. The average Bonchev–Trinajstić information content (AvgIpc) is 1.48. The lowest BCUT2D eigenvalue weighted by molar-refractivity contribution is 0.592. The zero-order chi connectivity index (χ0) is 82.0. The molecule has 2 aliphatic carbocycles. The molecule has 9 heteroatoms. The van der Waals surface area contributed by atoms with E-state index in [2.05, 4.69) is 325 Å². The molecule has 0 saturated carbocycles. The molecule has 25 rings (SSSR count). The number of fused-ring (bicyclic) bond motifs is 24. The van der Waals surface area contributed by atoms with Crippen molar-refractivity contribution in [1.29, 1.82) is 0 Å². The molecule has 124 heavy (non-hydrogen) atoms. The van der Waals surface area contributed by atoms with Gasteiger partial charge in [0.25, 0.3) is 0 Å². The van der Waals surface area contributed by atoms with Crippen molar-refractivity contribution in [1.82, 2.24) is 24.9 Å². The van der Waals surface area contributed by atoms with Crippen LogP contribution in [0.4, 0.5) is 0 Å². The van der Waals surface area contributed by atoms with E-state index in [1.807, 2.05) is 133 Å². The third kappa shape index (κ3) is 11.6. The van der Waals surface area contributed by atoms with Crippen LogP contribution in [0.25, 0.3) is 144 Å². The second-order valence-electron chi connectivity index (χ2n) is 32.2. The highest BCUT2D eigenvalue weighted by Crippen LogP contribution is 2.65. The molecular weight excluding hydrogens is 1560 g/mol. The van der Waals surface area contributed by atoms with Gasteiger partial charge in [0.05, 0.1) is 56.0 Å². The van der Waals surface area contributed by atoms with Gasteiger partial charge in [0, 0.05) is 80.6 Å². The first-order chi connectivity index (χ1) is 61.3. The summed E-state index contributed by atoms with van der Waals surface area (Å²) < 4.78 is 15.1. The molecule has 2 aliphatic heterocycles. The van der Waals surface area contributed by atoms with Crippen LogP contribution >= 0.6 is 30.7 Å². The number of nitrogens with zero attached hydrogens (tertiary/aromatic N) is 5. The van der Waals surface area contributed by atoms with Crippen molar-refractivity contribution in [2.45, 2.75) is 30.4 Å². The van der Waals surface area contributed by atoms with Crippen LogP contribution in [-0.2, 0) is 15.4 Å². The van der Waals surface area contributed by atoms with Crippen LogP contribution in [0.1, 0.15) is 44.5 Å². The largest absolute Gasteiger partial charge is 0.309 e. The minimum atomic E-state index is -3.09. The Morgan fingerprint density at radius 2 is 0.540 bits per heavy atom. The molecule has 0 fully saturated rings. The Balaban J connectivity index is 0.000000140. The molecule has 580 valence electrons. The highest BCUT2D eigenvalue weighted by Gasteiger charge is 2.52. The van der Waals surface area contributed by atoms with Gasteiger partial charge < -0.3 is 4.57 Å². The average molecular weight is 1630 g/mol. The molecule has 6 nitrogen and oxygen atoms in total. The molecule has 0 radical (unpaired) electrons. The maximum absolute atomic E-state index is 15.1. The normalized spacial score (nSPS) is 13.3. The highest BCUT2D eigenvalue weighted by atomic mass is 32.2. The Labute approximate surface area is 726 Å². The maximum atomic E-state index is 15.1. The molecular formula is C115H72N5OPS2. The van der Waals surface area contributed by atoms with Crippen LogP contribution in [0.15, 0.2) is 457 Å². The van der Waals surface area contributed by atoms with Gasteiger partial charge in [-0.25, -0.2) is 15.0 Å². The van der Waals surface area contributed by atoms with E-state index in [-0.39, 0.29) is 0 Å². The van der Waals surface area contributed by atoms with Crippen molar-refractivity contribution in [3.8, 4) is 101 Å². The molecule has 0 N–H and O–H groups in total. The van der Waals surface area contributed by atoms with E-state index in [4.69, 9.17) is 15.0 Å². The van der Waals surface area contributed by atoms with Crippen molar-refractivity contribution in [3.05, 3.63) is 482 Å². The van der Waals surface area contributed by atoms with E-state index in [0.717, 1.165) is 127 Å². The third-order valence-electron chi connectivity index (χ3n) is 25.7. The highest BCUT2D eigenvalue weighted by molar-refractivity contribution is 7.99. The lowest BCUT2D eigenvalue weighted by Gasteiger charge is -2.40. The summed E-state index contributed by atoms with van der Waals surface area (Å²) in [5.41, 5.74) is 30.7. The Kier molecular flexibility index (Phi) is 17.4. The maximum Gasteiger partial charge on any atom is 0.171 e. The fourth-order valence-corrected chi connectivity index (χ4v) is 25.2. The van der Waals surface area contributed by atoms with Gasteiger partial charge in [-0.2, -0.15) is 0 Å². The SMILES string of the molecule is O=P(c1ccccc1)(c1ccccc1)c1ccc(-c2ccc3c(c2)nc(-c2ccccc2)c2cc4c(cc23)C2(c3ccccc3S4)c3ccccc3-c3ccccc32)cc1.c1ccc(-c2nc3cc(-c4ccc(-c5cc(-c6ccccn6)nc(-c6ccccn6)c5)cc4)ccc3c3cc4c(cc23)Sc2ccccc2C42c3ccccc3-c3ccccc32)cc1. The van der Waals surface area contributed by atoms with Crippen molar-refractivity contribution in [2.75, 3.05) is 0 Å². The smallest absolute Gasteiger partial charge is 0.171 e. The van der Waals surface area contributed by atoms with Crippen LogP contribution in [-0.4, -0.2) is 24.9 Å². The monoisotopic (exact) mass is 1630 g/mol. The molecule has 16 aromatic carbocycles. The summed E-state index contributed by atoms with van der Waals surface area (Å²) in [4.78, 5) is 30.3.